The molecule has 0 N–H and O–H groups in total. The Kier molecular flexibility index (Phi) is 6.42. The molecule has 0 unspecified atom stereocenters. The molecule has 188 valence electrons. The molecule has 3 heterocycles. The van der Waals surface area contributed by atoms with Gasteiger partial charge in [0.25, 0.3) is 0 Å². The van der Waals surface area contributed by atoms with Crippen molar-refractivity contribution in [3.05, 3.63) is 59.7 Å². The normalized spacial score (nSPS) is 15.5. The SMILES string of the molecule is Cc1c(-c2ccc3c(c2)OCCO3)cccc1-c1nc2cc(CN3CCCCC3)c(OCC#N)cc2o1. The molecule has 7 nitrogen and oxygen atoms in total. The van der Waals surface area contributed by atoms with Crippen LogP contribution in [0.15, 0.2) is 52.9 Å². The summed E-state index contributed by atoms with van der Waals surface area (Å²) in [7, 11) is 0. The van der Waals surface area contributed by atoms with Crippen LogP contribution in [0.2, 0.25) is 0 Å². The third-order valence-corrected chi connectivity index (χ3v) is 7.12. The van der Waals surface area contributed by atoms with Gasteiger partial charge in [-0.3, -0.25) is 4.90 Å². The standard InChI is InChI=1S/C30H29N3O4/c1-20-23(21-8-9-26-29(17-21)36-15-14-35-26)6-5-7-24(20)30-32-25-16-22(19-33-11-3-2-4-12-33)27(34-13-10-31)18-28(25)37-30/h5-9,16-18H,2-4,11-15,19H2,1H3. The van der Waals surface area contributed by atoms with Crippen LogP contribution < -0.4 is 14.2 Å². The molecule has 0 saturated carbocycles. The zero-order valence-electron chi connectivity index (χ0n) is 21.0. The van der Waals surface area contributed by atoms with Crippen molar-refractivity contribution in [2.45, 2.75) is 32.7 Å². The van der Waals surface area contributed by atoms with E-state index in [1.807, 2.05) is 36.4 Å². The topological polar surface area (TPSA) is 80.8 Å². The van der Waals surface area contributed by atoms with Gasteiger partial charge in [-0.2, -0.15) is 5.26 Å². The first-order valence-electron chi connectivity index (χ1n) is 12.9. The molecule has 1 saturated heterocycles. The summed E-state index contributed by atoms with van der Waals surface area (Å²) in [6.45, 7) is 6.13. The largest absolute Gasteiger partial charge is 0.486 e. The molecule has 4 aromatic rings. The fraction of sp³-hybridized carbons (Fsp3) is 0.333. The van der Waals surface area contributed by atoms with Crippen molar-refractivity contribution in [1.29, 1.82) is 5.26 Å². The van der Waals surface area contributed by atoms with Gasteiger partial charge < -0.3 is 18.6 Å². The number of hydrogen-bond acceptors (Lipinski definition) is 7. The first-order valence-corrected chi connectivity index (χ1v) is 12.9. The van der Waals surface area contributed by atoms with Gasteiger partial charge in [0.1, 0.15) is 30.5 Å². The Labute approximate surface area is 216 Å². The highest BCUT2D eigenvalue weighted by Gasteiger charge is 2.19. The number of ether oxygens (including phenoxy) is 3. The molecule has 2 aliphatic heterocycles. The second-order valence-electron chi connectivity index (χ2n) is 9.57. The Morgan fingerprint density at radius 2 is 1.78 bits per heavy atom. The highest BCUT2D eigenvalue weighted by molar-refractivity contribution is 5.82. The first-order chi connectivity index (χ1) is 18.2. The minimum atomic E-state index is -0.00378. The van der Waals surface area contributed by atoms with Gasteiger partial charge in [0.05, 0.1) is 0 Å². The minimum Gasteiger partial charge on any atom is -0.486 e. The molecule has 0 radical (unpaired) electrons. The van der Waals surface area contributed by atoms with E-state index in [2.05, 4.69) is 30.0 Å². The monoisotopic (exact) mass is 495 g/mol. The van der Waals surface area contributed by atoms with Crippen LogP contribution in [-0.4, -0.2) is 42.8 Å². The van der Waals surface area contributed by atoms with Crippen LogP contribution >= 0.6 is 0 Å². The molecule has 7 heteroatoms. The summed E-state index contributed by atoms with van der Waals surface area (Å²) in [6.07, 6.45) is 3.71. The number of piperidine rings is 1. The Balaban J connectivity index is 1.36. The van der Waals surface area contributed by atoms with E-state index in [9.17, 15) is 0 Å². The number of likely N-dealkylation sites (tertiary alicyclic amines) is 1. The van der Waals surface area contributed by atoms with Gasteiger partial charge in [0.2, 0.25) is 5.89 Å². The zero-order valence-corrected chi connectivity index (χ0v) is 21.0. The van der Waals surface area contributed by atoms with Gasteiger partial charge in [-0.25, -0.2) is 4.98 Å². The van der Waals surface area contributed by atoms with Crippen molar-refractivity contribution in [3.8, 4) is 45.9 Å². The van der Waals surface area contributed by atoms with E-state index in [0.717, 1.165) is 64.5 Å². The Morgan fingerprint density at radius 3 is 2.62 bits per heavy atom. The summed E-state index contributed by atoms with van der Waals surface area (Å²) in [5.41, 5.74) is 6.60. The van der Waals surface area contributed by atoms with Gasteiger partial charge in [0, 0.05) is 23.7 Å². The molecule has 6 rings (SSSR count). The second-order valence-corrected chi connectivity index (χ2v) is 9.57. The summed E-state index contributed by atoms with van der Waals surface area (Å²) < 4.78 is 23.5. The average Bonchev–Trinajstić information content (AvgIpc) is 3.34. The number of oxazole rings is 1. The summed E-state index contributed by atoms with van der Waals surface area (Å²) in [5, 5.41) is 9.09. The van der Waals surface area contributed by atoms with Crippen molar-refractivity contribution >= 4 is 11.1 Å². The molecule has 2 aliphatic rings. The van der Waals surface area contributed by atoms with Crippen LogP contribution in [0.1, 0.15) is 30.4 Å². The number of aromatic nitrogens is 1. The number of rotatable bonds is 6. The lowest BCUT2D eigenvalue weighted by atomic mass is 9.96. The molecular weight excluding hydrogens is 466 g/mol. The maximum Gasteiger partial charge on any atom is 0.227 e. The number of fused-ring (bicyclic) bond motifs is 2. The molecule has 3 aromatic carbocycles. The molecule has 1 fully saturated rings. The molecule has 0 spiro atoms. The van der Waals surface area contributed by atoms with Crippen LogP contribution in [0, 0.1) is 18.3 Å². The van der Waals surface area contributed by atoms with Crippen LogP contribution in [0.5, 0.6) is 17.2 Å². The number of hydrogen-bond donors (Lipinski definition) is 0. The number of nitriles is 1. The lowest BCUT2D eigenvalue weighted by Crippen LogP contribution is -2.29. The lowest BCUT2D eigenvalue weighted by molar-refractivity contribution is 0.171. The molecule has 37 heavy (non-hydrogen) atoms. The fourth-order valence-electron chi connectivity index (χ4n) is 5.23. The van der Waals surface area contributed by atoms with E-state index in [1.165, 1.54) is 19.3 Å². The van der Waals surface area contributed by atoms with Gasteiger partial charge >= 0.3 is 0 Å². The predicted molar refractivity (Wildman–Crippen MR) is 141 cm³/mol. The van der Waals surface area contributed by atoms with E-state index < -0.39 is 0 Å². The summed E-state index contributed by atoms with van der Waals surface area (Å²) in [5.74, 6) is 2.79. The fourth-order valence-corrected chi connectivity index (χ4v) is 5.23. The lowest BCUT2D eigenvalue weighted by Gasteiger charge is -2.27. The Hall–Kier alpha value is -4.02. The molecular formula is C30H29N3O4. The van der Waals surface area contributed by atoms with Crippen molar-refractivity contribution in [2.75, 3.05) is 32.9 Å². The second kappa shape index (κ2) is 10.2. The van der Waals surface area contributed by atoms with Crippen molar-refractivity contribution in [3.63, 3.8) is 0 Å². The van der Waals surface area contributed by atoms with E-state index >= 15 is 0 Å². The third kappa shape index (κ3) is 4.73. The van der Waals surface area contributed by atoms with Crippen LogP contribution in [-0.2, 0) is 6.54 Å². The summed E-state index contributed by atoms with van der Waals surface area (Å²) in [4.78, 5) is 7.31. The molecule has 0 amide bonds. The average molecular weight is 496 g/mol. The van der Waals surface area contributed by atoms with Gasteiger partial charge in [-0.05, 0) is 73.8 Å². The summed E-state index contributed by atoms with van der Waals surface area (Å²) >= 11 is 0. The highest BCUT2D eigenvalue weighted by atomic mass is 16.6. The maximum absolute atomic E-state index is 9.09. The molecule has 1 aromatic heterocycles. The van der Waals surface area contributed by atoms with E-state index in [0.29, 0.717) is 30.4 Å². The summed E-state index contributed by atoms with van der Waals surface area (Å²) in [6, 6.07) is 18.2. The van der Waals surface area contributed by atoms with Gasteiger partial charge in [-0.15, -0.1) is 0 Å². The Bertz CT molecular complexity index is 1480. The van der Waals surface area contributed by atoms with Gasteiger partial charge in [-0.1, -0.05) is 24.6 Å². The minimum absolute atomic E-state index is 0.00378. The zero-order chi connectivity index (χ0) is 25.2. The smallest absolute Gasteiger partial charge is 0.227 e. The van der Waals surface area contributed by atoms with Gasteiger partial charge in [0.15, 0.2) is 23.7 Å². The Morgan fingerprint density at radius 1 is 0.973 bits per heavy atom. The van der Waals surface area contributed by atoms with E-state index in [4.69, 9.17) is 28.9 Å². The molecule has 0 bridgehead atoms. The first kappa shape index (κ1) is 23.4. The molecule has 0 aliphatic carbocycles. The predicted octanol–water partition coefficient (Wildman–Crippen LogP) is 6.13. The molecule has 0 atom stereocenters. The van der Waals surface area contributed by atoms with Crippen LogP contribution in [0.25, 0.3) is 33.7 Å². The quantitative estimate of drug-likeness (QED) is 0.318. The maximum atomic E-state index is 9.09. The van der Waals surface area contributed by atoms with Crippen molar-refractivity contribution < 1.29 is 18.6 Å². The van der Waals surface area contributed by atoms with Crippen molar-refractivity contribution in [2.24, 2.45) is 0 Å². The van der Waals surface area contributed by atoms with Crippen LogP contribution in [0.4, 0.5) is 0 Å². The number of nitrogens with zero attached hydrogens (tertiary/aromatic N) is 3. The third-order valence-electron chi connectivity index (χ3n) is 7.12. The highest BCUT2D eigenvalue weighted by Crippen LogP contribution is 2.38. The van der Waals surface area contributed by atoms with E-state index in [1.54, 1.807) is 0 Å². The van der Waals surface area contributed by atoms with Crippen LogP contribution in [0.3, 0.4) is 0 Å². The van der Waals surface area contributed by atoms with Crippen molar-refractivity contribution in [1.82, 2.24) is 9.88 Å². The van der Waals surface area contributed by atoms with E-state index in [-0.39, 0.29) is 6.61 Å². The number of benzene rings is 3.